The summed E-state index contributed by atoms with van der Waals surface area (Å²) in [5.41, 5.74) is -0.304. The van der Waals surface area contributed by atoms with E-state index < -0.39 is 28.8 Å². The van der Waals surface area contributed by atoms with Gasteiger partial charge in [-0.1, -0.05) is 0 Å². The van der Waals surface area contributed by atoms with Gasteiger partial charge in [-0.3, -0.25) is 10.1 Å². The second kappa shape index (κ2) is 4.97. The van der Waals surface area contributed by atoms with Crippen molar-refractivity contribution < 1.29 is 28.3 Å². The van der Waals surface area contributed by atoms with Crippen molar-refractivity contribution in [2.24, 2.45) is 0 Å². The number of fused-ring (bicyclic) bond motifs is 1. The van der Waals surface area contributed by atoms with Gasteiger partial charge in [0.1, 0.15) is 11.5 Å². The summed E-state index contributed by atoms with van der Waals surface area (Å²) < 4.78 is 41.3. The molecule has 3 N–H and O–H groups in total. The molecule has 2 rings (SSSR count). The van der Waals surface area contributed by atoms with E-state index in [1.54, 1.807) is 0 Å². The standard InChI is InChI=1S/C12H11FN2O3/c1-2-18-12(17)15-11-6-10(16)8-5-7(13)3-4-9(8)14-11/h3-6H,2H2,1H3,(H2,14,15,16,17)/p+1/i/hD3. The van der Waals surface area contributed by atoms with Gasteiger partial charge in [0.15, 0.2) is 7.20 Å². The highest BCUT2D eigenvalue weighted by atomic mass is 19.1. The summed E-state index contributed by atoms with van der Waals surface area (Å²) in [6.45, 7) is 1.54. The quantitative estimate of drug-likeness (QED) is 0.767. The first-order chi connectivity index (χ1) is 9.78. The highest BCUT2D eigenvalue weighted by molar-refractivity contribution is 6.08. The number of alkyl carbamates (subject to hydrolysis) is 1. The number of carbonyl (C=O) groups excluding carboxylic acids is 2. The number of halogens is 1. The lowest BCUT2D eigenvalue weighted by Gasteiger charge is -2.13. The molecule has 0 aliphatic carbocycles. The molecule has 18 heavy (non-hydrogen) atoms. The molecular formula is C12H12FN2O3+. The molecule has 0 spiro atoms. The molecule has 1 aliphatic heterocycles. The molecule has 0 radical (unpaired) electrons. The van der Waals surface area contributed by atoms with E-state index in [9.17, 15) is 14.0 Å². The maximum Gasteiger partial charge on any atom is 0.415 e. The van der Waals surface area contributed by atoms with Crippen molar-refractivity contribution in [3.63, 3.8) is 0 Å². The Labute approximate surface area is 107 Å². The van der Waals surface area contributed by atoms with Crippen LogP contribution in [-0.4, -0.2) is 18.5 Å². The number of hydrogen-bond acceptors (Lipinski definition) is 3. The SMILES string of the molecule is [2H]N(C(=O)OCC)C1=CC(=O)c2cc(F)ccc2[N+]1([2H])[2H]. The fourth-order valence-electron chi connectivity index (χ4n) is 1.46. The van der Waals surface area contributed by atoms with E-state index >= 15 is 0 Å². The van der Waals surface area contributed by atoms with Gasteiger partial charge in [0.2, 0.25) is 5.82 Å². The molecule has 1 aromatic carbocycles. The van der Waals surface area contributed by atoms with Crippen molar-refractivity contribution in [3.8, 4) is 0 Å². The summed E-state index contributed by atoms with van der Waals surface area (Å²) >= 11 is 0. The van der Waals surface area contributed by atoms with Gasteiger partial charge in [0.05, 0.1) is 18.2 Å². The average molecular weight is 254 g/mol. The maximum absolute atomic E-state index is 13.2. The van der Waals surface area contributed by atoms with E-state index in [4.69, 9.17) is 4.24 Å². The van der Waals surface area contributed by atoms with E-state index in [-0.39, 0.29) is 23.2 Å². The van der Waals surface area contributed by atoms with Crippen molar-refractivity contribution in [2.45, 2.75) is 6.92 Å². The number of allylic oxidation sites excluding steroid dienone is 1. The molecule has 0 aromatic heterocycles. The Morgan fingerprint density at radius 3 is 3.17 bits per heavy atom. The van der Waals surface area contributed by atoms with E-state index in [0.717, 1.165) is 24.3 Å². The molecule has 0 saturated heterocycles. The zero-order valence-electron chi connectivity index (χ0n) is 12.5. The van der Waals surface area contributed by atoms with E-state index in [1.807, 2.05) is 0 Å². The van der Waals surface area contributed by atoms with Crippen molar-refractivity contribution in [1.82, 2.24) is 5.31 Å². The molecule has 0 fully saturated rings. The number of ketones is 1. The van der Waals surface area contributed by atoms with Crippen molar-refractivity contribution >= 4 is 17.6 Å². The second-order valence-corrected chi connectivity index (χ2v) is 3.45. The number of nitrogens with two attached hydrogens (primary N) is 1. The van der Waals surface area contributed by atoms with Gasteiger partial charge in [0.25, 0.3) is 0 Å². The van der Waals surface area contributed by atoms with Crippen LogP contribution in [0.4, 0.5) is 14.9 Å². The number of quaternary nitrogens is 1. The first kappa shape index (κ1) is 8.82. The smallest absolute Gasteiger partial charge is 0.415 e. The molecule has 1 aliphatic rings. The van der Waals surface area contributed by atoms with E-state index in [0.29, 0.717) is 0 Å². The molecule has 0 unspecified atom stereocenters. The van der Waals surface area contributed by atoms with Crippen LogP contribution in [0.15, 0.2) is 30.1 Å². The Hall–Kier alpha value is -2.21. The number of hydrogen-bond donors (Lipinski definition) is 2. The van der Waals surface area contributed by atoms with Gasteiger partial charge in [-0.15, -0.1) is 0 Å². The summed E-state index contributed by atoms with van der Waals surface area (Å²) in [6, 6.07) is 3.03. The third-order valence-corrected chi connectivity index (χ3v) is 2.19. The van der Waals surface area contributed by atoms with Crippen LogP contribution in [0.25, 0.3) is 0 Å². The molecule has 0 atom stereocenters. The lowest BCUT2D eigenvalue weighted by atomic mass is 10.1. The predicted octanol–water partition coefficient (Wildman–Crippen LogP) is 0.804. The van der Waals surface area contributed by atoms with Gasteiger partial charge < -0.3 is 4.74 Å². The van der Waals surface area contributed by atoms with Gasteiger partial charge in [0, 0.05) is 6.07 Å². The monoisotopic (exact) mass is 254 g/mol. The number of benzene rings is 1. The molecular weight excluding hydrogens is 239 g/mol. The van der Waals surface area contributed by atoms with Crippen LogP contribution >= 0.6 is 0 Å². The fourth-order valence-corrected chi connectivity index (χ4v) is 1.46. The molecule has 1 heterocycles. The maximum atomic E-state index is 13.2. The molecule has 0 saturated carbocycles. The van der Waals surface area contributed by atoms with Gasteiger partial charge in [-0.05, 0) is 19.1 Å². The highest BCUT2D eigenvalue weighted by Crippen LogP contribution is 2.16. The lowest BCUT2D eigenvalue weighted by molar-refractivity contribution is -0.523. The number of rotatable bonds is 2. The van der Waals surface area contributed by atoms with Crippen molar-refractivity contribution in [1.29, 1.82) is 0 Å². The average Bonchev–Trinajstić information content (AvgIpc) is 2.42. The van der Waals surface area contributed by atoms with Crippen molar-refractivity contribution in [3.05, 3.63) is 41.5 Å². The van der Waals surface area contributed by atoms with Crippen LogP contribution in [-0.2, 0) is 4.74 Å². The van der Waals surface area contributed by atoms with Crippen LogP contribution in [0.2, 0.25) is 4.24 Å². The van der Waals surface area contributed by atoms with E-state index in [2.05, 4.69) is 4.74 Å². The molecule has 94 valence electrons. The topological polar surface area (TPSA) is 72.0 Å². The van der Waals surface area contributed by atoms with Crippen LogP contribution in [0.3, 0.4) is 0 Å². The normalized spacial score (nSPS) is 18.9. The minimum absolute atomic E-state index is 0.00718. The largest absolute Gasteiger partial charge is 0.449 e. The Kier molecular flexibility index (Phi) is 2.43. The summed E-state index contributed by atoms with van der Waals surface area (Å²) in [5, 5.41) is -1.36. The van der Waals surface area contributed by atoms with Crippen molar-refractivity contribution in [2.75, 3.05) is 6.61 Å². The van der Waals surface area contributed by atoms with Gasteiger partial charge in [-0.2, -0.15) is 0 Å². The zero-order chi connectivity index (χ0) is 15.8. The Morgan fingerprint density at radius 1 is 1.67 bits per heavy atom. The van der Waals surface area contributed by atoms with E-state index in [1.165, 1.54) is 6.92 Å². The summed E-state index contributed by atoms with van der Waals surface area (Å²) in [5.74, 6) is -1.89. The third-order valence-electron chi connectivity index (χ3n) is 2.19. The number of nitrogens with one attached hydrogen (secondary N) is 1. The second-order valence-electron chi connectivity index (χ2n) is 3.45. The fraction of sp³-hybridized carbons (Fsp3) is 0.167. The van der Waals surface area contributed by atoms with Crippen LogP contribution in [0.1, 0.15) is 17.3 Å². The van der Waals surface area contributed by atoms with Crippen LogP contribution < -0.4 is 10.6 Å². The Bertz CT molecular complexity index is 649. The minimum atomic E-state index is -1.54. The first-order valence-electron chi connectivity index (χ1n) is 6.60. The molecule has 5 nitrogen and oxygen atoms in total. The highest BCUT2D eigenvalue weighted by Gasteiger charge is 2.23. The first-order valence-corrected chi connectivity index (χ1v) is 5.26. The molecule has 0 bridgehead atoms. The Balaban J connectivity index is 2.49. The number of ether oxygens (including phenoxy) is 1. The lowest BCUT2D eigenvalue weighted by Crippen LogP contribution is -2.80. The van der Waals surface area contributed by atoms with Crippen LogP contribution in [0.5, 0.6) is 0 Å². The predicted molar refractivity (Wildman–Crippen MR) is 60.6 cm³/mol. The Morgan fingerprint density at radius 2 is 2.44 bits per heavy atom. The minimum Gasteiger partial charge on any atom is -0.449 e. The summed E-state index contributed by atoms with van der Waals surface area (Å²) in [4.78, 5) is 23.5. The van der Waals surface area contributed by atoms with Crippen LogP contribution in [0, 0.1) is 5.82 Å². The summed E-state index contributed by atoms with van der Waals surface area (Å²) in [7, 11) is 0. The van der Waals surface area contributed by atoms with Gasteiger partial charge >= 0.3 is 8.92 Å². The number of carbonyl (C=O) groups is 2. The number of amides is 1. The van der Waals surface area contributed by atoms with Gasteiger partial charge in [-0.25, -0.2) is 14.5 Å². The molecule has 1 amide bonds. The third kappa shape index (κ3) is 2.54. The molecule has 6 heteroatoms. The summed E-state index contributed by atoms with van der Waals surface area (Å²) in [6.07, 6.45) is -0.324. The zero-order valence-corrected chi connectivity index (χ0v) is 9.51. The molecule has 1 aromatic rings.